The molecule has 1 aromatic carbocycles. The zero-order chi connectivity index (χ0) is 16.2. The zero-order valence-electron chi connectivity index (χ0n) is 13.9. The number of amides is 1. The number of rotatable bonds is 4. The molecule has 23 heavy (non-hydrogen) atoms. The van der Waals surface area contributed by atoms with E-state index in [1.165, 1.54) is 11.3 Å². The van der Waals surface area contributed by atoms with Gasteiger partial charge in [-0.3, -0.25) is 0 Å². The van der Waals surface area contributed by atoms with Crippen molar-refractivity contribution in [2.75, 3.05) is 13.2 Å². The number of nitrogens with zero attached hydrogens (tertiary/aromatic N) is 2. The van der Waals surface area contributed by atoms with Crippen LogP contribution in [0.2, 0.25) is 0 Å². The highest BCUT2D eigenvalue weighted by molar-refractivity contribution is 5.75. The number of fused-ring (bicyclic) bond motifs is 1. The Morgan fingerprint density at radius 3 is 2.74 bits per heavy atom. The average molecular weight is 315 g/mol. The lowest BCUT2D eigenvalue weighted by atomic mass is 9.81. The SMILES string of the molecule is CCOC(=O)NCC1CCC(c2nc3ccccc3n2C)CC1. The fourth-order valence-corrected chi connectivity index (χ4v) is 3.56. The van der Waals surface area contributed by atoms with E-state index in [-0.39, 0.29) is 6.09 Å². The van der Waals surface area contributed by atoms with E-state index >= 15 is 0 Å². The number of ether oxygens (including phenoxy) is 1. The molecule has 0 bridgehead atoms. The Labute approximate surface area is 137 Å². The van der Waals surface area contributed by atoms with Gasteiger partial charge in [-0.1, -0.05) is 12.1 Å². The largest absolute Gasteiger partial charge is 0.450 e. The first-order valence-electron chi connectivity index (χ1n) is 8.51. The van der Waals surface area contributed by atoms with Crippen molar-refractivity contribution < 1.29 is 9.53 Å². The second-order valence-corrected chi connectivity index (χ2v) is 6.34. The van der Waals surface area contributed by atoms with E-state index in [9.17, 15) is 4.79 Å². The van der Waals surface area contributed by atoms with Crippen molar-refractivity contribution in [3.05, 3.63) is 30.1 Å². The molecule has 2 aromatic rings. The van der Waals surface area contributed by atoms with Gasteiger partial charge in [-0.15, -0.1) is 0 Å². The molecule has 0 aliphatic heterocycles. The number of alkyl carbamates (subject to hydrolysis) is 1. The number of aryl methyl sites for hydroxylation is 1. The van der Waals surface area contributed by atoms with E-state index in [4.69, 9.17) is 9.72 Å². The summed E-state index contributed by atoms with van der Waals surface area (Å²) in [6.07, 6.45) is 4.21. The van der Waals surface area contributed by atoms with Gasteiger partial charge in [0.25, 0.3) is 0 Å². The molecule has 0 atom stereocenters. The van der Waals surface area contributed by atoms with Gasteiger partial charge >= 0.3 is 6.09 Å². The van der Waals surface area contributed by atoms with Crippen LogP contribution < -0.4 is 5.32 Å². The normalized spacial score (nSPS) is 21.3. The molecule has 1 amide bonds. The van der Waals surface area contributed by atoms with Crippen molar-refractivity contribution in [3.63, 3.8) is 0 Å². The van der Waals surface area contributed by atoms with Gasteiger partial charge < -0.3 is 14.6 Å². The third-order valence-electron chi connectivity index (χ3n) is 4.84. The fourth-order valence-electron chi connectivity index (χ4n) is 3.56. The number of imidazole rings is 1. The number of aromatic nitrogens is 2. The maximum Gasteiger partial charge on any atom is 0.407 e. The van der Waals surface area contributed by atoms with Gasteiger partial charge in [0.15, 0.2) is 0 Å². The summed E-state index contributed by atoms with van der Waals surface area (Å²) in [5.41, 5.74) is 2.28. The molecule has 0 radical (unpaired) electrons. The molecular formula is C18H25N3O2. The molecular weight excluding hydrogens is 290 g/mol. The van der Waals surface area contributed by atoms with Crippen molar-refractivity contribution in [1.29, 1.82) is 0 Å². The number of carbonyl (C=O) groups excluding carboxylic acids is 1. The van der Waals surface area contributed by atoms with Crippen LogP contribution in [0, 0.1) is 5.92 Å². The molecule has 1 aliphatic rings. The van der Waals surface area contributed by atoms with Crippen LogP contribution in [0.3, 0.4) is 0 Å². The molecule has 1 saturated carbocycles. The van der Waals surface area contributed by atoms with Gasteiger partial charge in [0, 0.05) is 19.5 Å². The van der Waals surface area contributed by atoms with Crippen LogP contribution >= 0.6 is 0 Å². The molecule has 1 heterocycles. The molecule has 5 nitrogen and oxygen atoms in total. The summed E-state index contributed by atoms with van der Waals surface area (Å²) in [5.74, 6) is 2.26. The number of carbonyl (C=O) groups is 1. The first-order chi connectivity index (χ1) is 11.2. The zero-order valence-corrected chi connectivity index (χ0v) is 13.9. The van der Waals surface area contributed by atoms with Crippen LogP contribution in [0.15, 0.2) is 24.3 Å². The van der Waals surface area contributed by atoms with Crippen LogP contribution in [0.25, 0.3) is 11.0 Å². The van der Waals surface area contributed by atoms with Gasteiger partial charge in [-0.2, -0.15) is 0 Å². The molecule has 1 aliphatic carbocycles. The summed E-state index contributed by atoms with van der Waals surface area (Å²) in [6, 6.07) is 8.30. The average Bonchev–Trinajstić information content (AvgIpc) is 2.91. The van der Waals surface area contributed by atoms with Crippen molar-refractivity contribution in [3.8, 4) is 0 Å². The second kappa shape index (κ2) is 7.02. The summed E-state index contributed by atoms with van der Waals surface area (Å²) < 4.78 is 7.14. The molecule has 0 saturated heterocycles. The van der Waals surface area contributed by atoms with E-state index in [0.29, 0.717) is 25.0 Å². The molecule has 0 spiro atoms. The molecule has 1 fully saturated rings. The number of para-hydroxylation sites is 2. The summed E-state index contributed by atoms with van der Waals surface area (Å²) in [4.78, 5) is 16.2. The van der Waals surface area contributed by atoms with Gasteiger partial charge in [0.05, 0.1) is 17.6 Å². The second-order valence-electron chi connectivity index (χ2n) is 6.34. The van der Waals surface area contributed by atoms with Crippen LogP contribution in [0.4, 0.5) is 4.79 Å². The number of hydrogen-bond acceptors (Lipinski definition) is 3. The van der Waals surface area contributed by atoms with Crippen molar-refractivity contribution >= 4 is 17.1 Å². The van der Waals surface area contributed by atoms with Crippen LogP contribution in [-0.4, -0.2) is 28.8 Å². The smallest absolute Gasteiger partial charge is 0.407 e. The lowest BCUT2D eigenvalue weighted by Gasteiger charge is -2.28. The Bertz CT molecular complexity index is 672. The Kier molecular flexibility index (Phi) is 4.84. The van der Waals surface area contributed by atoms with E-state index in [1.807, 2.05) is 13.0 Å². The highest BCUT2D eigenvalue weighted by Crippen LogP contribution is 2.36. The predicted octanol–water partition coefficient (Wildman–Crippen LogP) is 3.59. The first kappa shape index (κ1) is 15.8. The lowest BCUT2D eigenvalue weighted by Crippen LogP contribution is -2.31. The van der Waals surface area contributed by atoms with Crippen LogP contribution in [-0.2, 0) is 11.8 Å². The van der Waals surface area contributed by atoms with Crippen LogP contribution in [0.1, 0.15) is 44.3 Å². The first-order valence-corrected chi connectivity index (χ1v) is 8.51. The van der Waals surface area contributed by atoms with Crippen molar-refractivity contribution in [1.82, 2.24) is 14.9 Å². The molecule has 0 unspecified atom stereocenters. The monoisotopic (exact) mass is 315 g/mol. The molecule has 5 heteroatoms. The highest BCUT2D eigenvalue weighted by Gasteiger charge is 2.26. The number of hydrogen-bond donors (Lipinski definition) is 1. The van der Waals surface area contributed by atoms with E-state index in [0.717, 1.165) is 31.2 Å². The van der Waals surface area contributed by atoms with Gasteiger partial charge in [-0.05, 0) is 50.7 Å². The number of benzene rings is 1. The minimum Gasteiger partial charge on any atom is -0.450 e. The van der Waals surface area contributed by atoms with Crippen molar-refractivity contribution in [2.24, 2.45) is 13.0 Å². The maximum atomic E-state index is 11.4. The number of nitrogens with one attached hydrogen (secondary N) is 1. The maximum absolute atomic E-state index is 11.4. The quantitative estimate of drug-likeness (QED) is 0.938. The summed E-state index contributed by atoms with van der Waals surface area (Å²) in [7, 11) is 2.11. The minimum absolute atomic E-state index is 0.301. The molecule has 124 valence electrons. The summed E-state index contributed by atoms with van der Waals surface area (Å²) >= 11 is 0. The van der Waals surface area contributed by atoms with E-state index < -0.39 is 0 Å². The van der Waals surface area contributed by atoms with E-state index in [1.54, 1.807) is 0 Å². The standard InChI is InChI=1S/C18H25N3O2/c1-3-23-18(22)19-12-13-8-10-14(11-9-13)17-20-15-6-4-5-7-16(15)21(17)2/h4-7,13-14H,3,8-12H2,1-2H3,(H,19,22). The van der Waals surface area contributed by atoms with Crippen LogP contribution in [0.5, 0.6) is 0 Å². The lowest BCUT2D eigenvalue weighted by molar-refractivity contribution is 0.148. The van der Waals surface area contributed by atoms with Crippen molar-refractivity contribution in [2.45, 2.75) is 38.5 Å². The Morgan fingerprint density at radius 1 is 1.30 bits per heavy atom. The predicted molar refractivity (Wildman–Crippen MR) is 90.4 cm³/mol. The van der Waals surface area contributed by atoms with E-state index in [2.05, 4.69) is 35.1 Å². The van der Waals surface area contributed by atoms with Gasteiger partial charge in [0.2, 0.25) is 0 Å². The topological polar surface area (TPSA) is 56.1 Å². The summed E-state index contributed by atoms with van der Waals surface area (Å²) in [5, 5.41) is 2.86. The van der Waals surface area contributed by atoms with Gasteiger partial charge in [0.1, 0.15) is 5.82 Å². The minimum atomic E-state index is -0.301. The Morgan fingerprint density at radius 2 is 2.04 bits per heavy atom. The Hall–Kier alpha value is -2.04. The third-order valence-corrected chi connectivity index (χ3v) is 4.84. The third kappa shape index (κ3) is 3.49. The Balaban J connectivity index is 1.58. The van der Waals surface area contributed by atoms with Gasteiger partial charge in [-0.25, -0.2) is 9.78 Å². The summed E-state index contributed by atoms with van der Waals surface area (Å²) in [6.45, 7) is 2.96. The molecule has 1 aromatic heterocycles. The fraction of sp³-hybridized carbons (Fsp3) is 0.556. The molecule has 1 N–H and O–H groups in total. The molecule has 3 rings (SSSR count). The highest BCUT2D eigenvalue weighted by atomic mass is 16.5.